The molecule has 33 heavy (non-hydrogen) atoms. The van der Waals surface area contributed by atoms with Gasteiger partial charge >= 0.3 is 18.0 Å². The van der Waals surface area contributed by atoms with Gasteiger partial charge in [-0.05, 0) is 12.8 Å². The van der Waals surface area contributed by atoms with Crippen molar-refractivity contribution in [1.82, 2.24) is 9.80 Å². The van der Waals surface area contributed by atoms with Crippen molar-refractivity contribution in [3.05, 3.63) is 25.3 Å². The number of aliphatic hydroxyl groups excluding tert-OH is 2. The molecule has 1 fully saturated rings. The Morgan fingerprint density at radius 2 is 1.52 bits per heavy atom. The number of ether oxygens (including phenoxy) is 2. The lowest BCUT2D eigenvalue weighted by Gasteiger charge is -2.35. The third-order valence-electron chi connectivity index (χ3n) is 5.61. The lowest BCUT2D eigenvalue weighted by molar-refractivity contribution is -0.143. The number of rotatable bonds is 16. The Hall–Kier alpha value is -2.72. The summed E-state index contributed by atoms with van der Waals surface area (Å²) in [4.78, 5) is 51.4. The highest BCUT2D eigenvalue weighted by Gasteiger charge is 2.56. The van der Waals surface area contributed by atoms with Gasteiger partial charge in [0, 0.05) is 12.2 Å². The van der Waals surface area contributed by atoms with Crippen LogP contribution in [0, 0.1) is 0 Å². The average Bonchev–Trinajstić information content (AvgIpc) is 3.00. The smallest absolute Gasteiger partial charge is 0.330 e. The van der Waals surface area contributed by atoms with Crippen LogP contribution in [0.2, 0.25) is 0 Å². The van der Waals surface area contributed by atoms with E-state index in [1.165, 1.54) is 4.90 Å². The van der Waals surface area contributed by atoms with Gasteiger partial charge in [0.2, 0.25) is 0 Å². The van der Waals surface area contributed by atoms with Crippen LogP contribution in [0.4, 0.5) is 4.79 Å². The fourth-order valence-electron chi connectivity index (χ4n) is 3.80. The molecule has 0 aromatic carbocycles. The Bertz CT molecular complexity index is 725. The molecule has 3 atom stereocenters. The number of esters is 2. The molecule has 3 amide bonds. The molecular formula is C23H36N2O8. The third-order valence-corrected chi connectivity index (χ3v) is 5.61. The van der Waals surface area contributed by atoms with Crippen LogP contribution < -0.4 is 0 Å². The Kier molecular flexibility index (Phi) is 11.8. The zero-order chi connectivity index (χ0) is 25.0. The Morgan fingerprint density at radius 3 is 2.00 bits per heavy atom. The van der Waals surface area contributed by atoms with Crippen molar-refractivity contribution in [3.8, 4) is 0 Å². The monoisotopic (exact) mass is 468 g/mol. The fraction of sp³-hybridized carbons (Fsp3) is 0.652. The second kappa shape index (κ2) is 13.7. The number of aliphatic hydroxyl groups is 2. The van der Waals surface area contributed by atoms with Crippen LogP contribution >= 0.6 is 0 Å². The van der Waals surface area contributed by atoms with Gasteiger partial charge in [-0.25, -0.2) is 14.4 Å². The summed E-state index contributed by atoms with van der Waals surface area (Å²) in [6, 6.07) is -0.666. The van der Waals surface area contributed by atoms with Gasteiger partial charge in [0.1, 0.15) is 31.0 Å². The van der Waals surface area contributed by atoms with Gasteiger partial charge in [0.25, 0.3) is 5.91 Å². The minimum Gasteiger partial charge on any atom is -0.460 e. The van der Waals surface area contributed by atoms with Gasteiger partial charge in [-0.1, -0.05) is 52.7 Å². The van der Waals surface area contributed by atoms with E-state index in [2.05, 4.69) is 20.1 Å². The number of amides is 3. The number of hydrogen-bond acceptors (Lipinski definition) is 8. The van der Waals surface area contributed by atoms with Crippen LogP contribution in [0.5, 0.6) is 0 Å². The molecule has 1 heterocycles. The van der Waals surface area contributed by atoms with Crippen molar-refractivity contribution in [2.45, 2.75) is 70.1 Å². The summed E-state index contributed by atoms with van der Waals surface area (Å²) < 4.78 is 9.65. The van der Waals surface area contributed by atoms with E-state index in [1.807, 2.05) is 0 Å². The number of hydrogen-bond donors (Lipinski definition) is 2. The summed E-state index contributed by atoms with van der Waals surface area (Å²) in [5, 5.41) is 20.6. The quantitative estimate of drug-likeness (QED) is 0.151. The first-order valence-corrected chi connectivity index (χ1v) is 11.2. The summed E-state index contributed by atoms with van der Waals surface area (Å²) >= 11 is 0. The van der Waals surface area contributed by atoms with Gasteiger partial charge in [0.05, 0.1) is 13.1 Å². The zero-order valence-electron chi connectivity index (χ0n) is 19.5. The van der Waals surface area contributed by atoms with Crippen LogP contribution in [0.3, 0.4) is 0 Å². The number of carbonyl (C=O) groups is 4. The summed E-state index contributed by atoms with van der Waals surface area (Å²) in [5.74, 6) is -1.92. The molecule has 0 aromatic heterocycles. The van der Waals surface area contributed by atoms with Crippen molar-refractivity contribution in [1.29, 1.82) is 0 Å². The number of urea groups is 1. The van der Waals surface area contributed by atoms with E-state index >= 15 is 0 Å². The highest BCUT2D eigenvalue weighted by atomic mass is 16.5. The van der Waals surface area contributed by atoms with Crippen LogP contribution in [0.15, 0.2) is 25.3 Å². The molecule has 1 rings (SSSR count). The highest BCUT2D eigenvalue weighted by Crippen LogP contribution is 2.36. The minimum absolute atomic E-state index is 0.228. The molecule has 0 radical (unpaired) electrons. The van der Waals surface area contributed by atoms with Crippen molar-refractivity contribution in [3.63, 3.8) is 0 Å². The van der Waals surface area contributed by atoms with Gasteiger partial charge in [-0.3, -0.25) is 9.69 Å². The molecule has 1 saturated heterocycles. The number of β-amino-alcohol motifs (C(OH)–C–C–N with tert-alkyl or cyclic N) is 2. The lowest BCUT2D eigenvalue weighted by Crippen LogP contribution is -2.52. The summed E-state index contributed by atoms with van der Waals surface area (Å²) in [6.07, 6.45) is 3.68. The Balaban J connectivity index is 3.05. The van der Waals surface area contributed by atoms with E-state index in [-0.39, 0.29) is 19.7 Å². The first kappa shape index (κ1) is 28.3. The minimum atomic E-state index is -1.28. The molecule has 0 saturated carbocycles. The fourth-order valence-corrected chi connectivity index (χ4v) is 3.80. The van der Waals surface area contributed by atoms with Crippen molar-refractivity contribution >= 4 is 23.9 Å². The first-order valence-electron chi connectivity index (χ1n) is 11.2. The summed E-state index contributed by atoms with van der Waals surface area (Å²) in [6.45, 7) is 9.04. The van der Waals surface area contributed by atoms with E-state index in [0.717, 1.165) is 36.3 Å². The second-order valence-corrected chi connectivity index (χ2v) is 7.98. The molecule has 3 unspecified atom stereocenters. The largest absolute Gasteiger partial charge is 0.460 e. The van der Waals surface area contributed by atoms with E-state index in [1.54, 1.807) is 6.92 Å². The maximum Gasteiger partial charge on any atom is 0.330 e. The molecule has 10 heteroatoms. The molecule has 1 aliphatic heterocycles. The van der Waals surface area contributed by atoms with Crippen molar-refractivity contribution in [2.24, 2.45) is 0 Å². The molecule has 10 nitrogen and oxygen atoms in total. The molecule has 0 aliphatic carbocycles. The zero-order valence-corrected chi connectivity index (χ0v) is 19.5. The summed E-state index contributed by atoms with van der Waals surface area (Å²) in [7, 11) is 0. The van der Waals surface area contributed by atoms with Crippen molar-refractivity contribution < 1.29 is 38.9 Å². The predicted molar refractivity (Wildman–Crippen MR) is 120 cm³/mol. The topological polar surface area (TPSA) is 134 Å². The molecule has 186 valence electrons. The first-order chi connectivity index (χ1) is 15.7. The van der Waals surface area contributed by atoms with Gasteiger partial charge in [0.15, 0.2) is 0 Å². The number of carbonyl (C=O) groups excluding carboxylic acids is 4. The number of nitrogens with zero attached hydrogens (tertiary/aromatic N) is 2. The van der Waals surface area contributed by atoms with Crippen LogP contribution in [0.25, 0.3) is 0 Å². The molecular weight excluding hydrogens is 432 g/mol. The van der Waals surface area contributed by atoms with Gasteiger partial charge in [-0.15, -0.1) is 0 Å². The molecule has 0 spiro atoms. The highest BCUT2D eigenvalue weighted by molar-refractivity contribution is 6.07. The van der Waals surface area contributed by atoms with E-state index in [0.29, 0.717) is 19.3 Å². The number of imide groups is 1. The molecule has 0 aromatic rings. The number of unbranched alkanes of at least 4 members (excludes halogenated alkanes) is 3. The molecule has 2 N–H and O–H groups in total. The SMILES string of the molecule is C=CC(=O)OCC(O)CN1C(=O)N(CC(O)COC(=O)C=C)C(CC)(CCCCCC)C1=O. The van der Waals surface area contributed by atoms with E-state index in [9.17, 15) is 29.4 Å². The maximum atomic E-state index is 13.4. The van der Waals surface area contributed by atoms with Crippen LogP contribution in [-0.4, -0.2) is 87.9 Å². The third kappa shape index (κ3) is 7.68. The van der Waals surface area contributed by atoms with Crippen molar-refractivity contribution in [2.75, 3.05) is 26.3 Å². The predicted octanol–water partition coefficient (Wildman–Crippen LogP) is 1.55. The maximum absolute atomic E-state index is 13.4. The standard InChI is InChI=1S/C23H36N2O8/c1-5-9-10-11-12-23(8-4)21(30)24(13-17(26)15-32-19(28)6-2)22(31)25(23)14-18(27)16-33-20(29)7-3/h6-7,17-18,26-27H,2-3,5,8-16H2,1,4H3. The second-order valence-electron chi connectivity index (χ2n) is 7.98. The average molecular weight is 469 g/mol. The Morgan fingerprint density at radius 1 is 0.970 bits per heavy atom. The Labute approximate surface area is 194 Å². The van der Waals surface area contributed by atoms with Gasteiger partial charge in [-0.2, -0.15) is 0 Å². The van der Waals surface area contributed by atoms with E-state index in [4.69, 9.17) is 9.47 Å². The van der Waals surface area contributed by atoms with Gasteiger partial charge < -0.3 is 24.6 Å². The molecule has 1 aliphatic rings. The summed E-state index contributed by atoms with van der Waals surface area (Å²) in [5.41, 5.74) is -1.19. The van der Waals surface area contributed by atoms with E-state index < -0.39 is 48.2 Å². The normalized spacial score (nSPS) is 19.9. The molecule has 0 bridgehead atoms. The lowest BCUT2D eigenvalue weighted by atomic mass is 9.87. The van der Waals surface area contributed by atoms with Crippen LogP contribution in [0.1, 0.15) is 52.4 Å². The van der Waals surface area contributed by atoms with Crippen LogP contribution in [-0.2, 0) is 23.9 Å².